The van der Waals surface area contributed by atoms with Gasteiger partial charge in [0.2, 0.25) is 11.1 Å². The number of rotatable bonds is 5. The number of hydrogen-bond acceptors (Lipinski definition) is 6. The molecule has 1 saturated carbocycles. The van der Waals surface area contributed by atoms with E-state index in [1.165, 1.54) is 28.9 Å². The van der Waals surface area contributed by atoms with Crippen molar-refractivity contribution in [3.05, 3.63) is 62.1 Å². The summed E-state index contributed by atoms with van der Waals surface area (Å²) in [4.78, 5) is 34.8. The third-order valence-corrected chi connectivity index (χ3v) is 3.75. The minimum absolute atomic E-state index is 0.172. The number of nitro benzene ring substituents is 1. The van der Waals surface area contributed by atoms with Crippen LogP contribution in [0.25, 0.3) is 5.69 Å². The number of hydrogen-bond donors (Lipinski definition) is 0. The molecule has 1 heterocycles. The fraction of sp³-hybridized carbons (Fsp3) is 0.312. The summed E-state index contributed by atoms with van der Waals surface area (Å²) in [6.07, 6.45) is 2.02. The molecule has 1 aliphatic carbocycles. The number of benzene rings is 1. The molecule has 1 aliphatic rings. The number of esters is 1. The first-order valence-electron chi connectivity index (χ1n) is 7.49. The largest absolute Gasteiger partial charge is 0.461 e. The number of ether oxygens (including phenoxy) is 1. The molecule has 0 N–H and O–H groups in total. The maximum absolute atomic E-state index is 12.1. The van der Waals surface area contributed by atoms with Crippen LogP contribution in [0, 0.1) is 23.0 Å². The van der Waals surface area contributed by atoms with Gasteiger partial charge in [-0.25, -0.2) is 9.48 Å². The fourth-order valence-electron chi connectivity index (χ4n) is 2.28. The third-order valence-electron chi connectivity index (χ3n) is 3.75. The second-order valence-corrected chi connectivity index (χ2v) is 5.70. The van der Waals surface area contributed by atoms with Gasteiger partial charge in [0.25, 0.3) is 5.69 Å². The number of aryl methyl sites for hydroxylation is 1. The van der Waals surface area contributed by atoms with Crippen molar-refractivity contribution in [1.82, 2.24) is 9.78 Å². The molecular weight excluding hydrogens is 314 g/mol. The Bertz CT molecular complexity index is 870. The summed E-state index contributed by atoms with van der Waals surface area (Å²) >= 11 is 0. The molecule has 2 aromatic rings. The van der Waals surface area contributed by atoms with Crippen molar-refractivity contribution in [3.8, 4) is 5.69 Å². The van der Waals surface area contributed by atoms with Crippen LogP contribution in [0.3, 0.4) is 0 Å². The predicted molar refractivity (Wildman–Crippen MR) is 84.2 cm³/mol. The van der Waals surface area contributed by atoms with Gasteiger partial charge in [-0.15, -0.1) is 0 Å². The van der Waals surface area contributed by atoms with Crippen molar-refractivity contribution in [2.24, 2.45) is 5.92 Å². The molecule has 8 nitrogen and oxygen atoms in total. The van der Waals surface area contributed by atoms with E-state index >= 15 is 0 Å². The van der Waals surface area contributed by atoms with E-state index in [0.717, 1.165) is 12.8 Å². The minimum atomic E-state index is -0.806. The van der Waals surface area contributed by atoms with Crippen LogP contribution in [0.2, 0.25) is 0 Å². The highest BCUT2D eigenvalue weighted by Gasteiger charge is 2.25. The van der Waals surface area contributed by atoms with Crippen LogP contribution in [0.4, 0.5) is 5.69 Å². The molecule has 0 bridgehead atoms. The lowest BCUT2D eigenvalue weighted by Crippen LogP contribution is -2.25. The third kappa shape index (κ3) is 3.17. The second kappa shape index (κ2) is 6.23. The fourth-order valence-corrected chi connectivity index (χ4v) is 2.28. The summed E-state index contributed by atoms with van der Waals surface area (Å²) in [5, 5.41) is 15.2. The van der Waals surface area contributed by atoms with Gasteiger partial charge < -0.3 is 4.74 Å². The van der Waals surface area contributed by atoms with Crippen LogP contribution in [-0.2, 0) is 4.74 Å². The van der Waals surface area contributed by atoms with E-state index in [0.29, 0.717) is 11.6 Å². The molecule has 0 amide bonds. The Balaban J connectivity index is 2.02. The van der Waals surface area contributed by atoms with Gasteiger partial charge >= 0.3 is 5.97 Å². The number of aromatic nitrogens is 2. The highest BCUT2D eigenvalue weighted by Crippen LogP contribution is 2.29. The second-order valence-electron chi connectivity index (χ2n) is 5.70. The van der Waals surface area contributed by atoms with E-state index in [9.17, 15) is 19.7 Å². The van der Waals surface area contributed by atoms with Gasteiger partial charge in [0, 0.05) is 17.8 Å². The van der Waals surface area contributed by atoms with Crippen LogP contribution >= 0.6 is 0 Å². The van der Waals surface area contributed by atoms with E-state index in [-0.39, 0.29) is 23.7 Å². The zero-order chi connectivity index (χ0) is 17.3. The van der Waals surface area contributed by atoms with Crippen LogP contribution in [0.5, 0.6) is 0 Å². The smallest absolute Gasteiger partial charge is 0.362 e. The van der Waals surface area contributed by atoms with Gasteiger partial charge in [0.05, 0.1) is 11.5 Å². The van der Waals surface area contributed by atoms with Gasteiger partial charge in [-0.3, -0.25) is 14.9 Å². The zero-order valence-corrected chi connectivity index (χ0v) is 13.0. The SMILES string of the molecule is Cc1cc(=O)c(C(=O)OCC2CC2)nn1-c1ccccc1[N+](=O)[O-]. The first-order valence-corrected chi connectivity index (χ1v) is 7.49. The van der Waals surface area contributed by atoms with Crippen LogP contribution < -0.4 is 5.43 Å². The lowest BCUT2D eigenvalue weighted by Gasteiger charge is -2.11. The van der Waals surface area contributed by atoms with Gasteiger partial charge in [0.15, 0.2) is 0 Å². The summed E-state index contributed by atoms with van der Waals surface area (Å²) in [6, 6.07) is 7.20. The number of nitro groups is 1. The quantitative estimate of drug-likeness (QED) is 0.472. The zero-order valence-electron chi connectivity index (χ0n) is 13.0. The molecule has 0 unspecified atom stereocenters. The Morgan fingerprint density at radius 2 is 2.12 bits per heavy atom. The average Bonchev–Trinajstić information content (AvgIpc) is 3.37. The maximum Gasteiger partial charge on any atom is 0.362 e. The first kappa shape index (κ1) is 15.9. The monoisotopic (exact) mass is 329 g/mol. The van der Waals surface area contributed by atoms with Crippen molar-refractivity contribution in [1.29, 1.82) is 0 Å². The summed E-state index contributed by atoms with van der Waals surface area (Å²) in [5.74, 6) is -0.448. The van der Waals surface area contributed by atoms with Crippen molar-refractivity contribution >= 4 is 11.7 Å². The van der Waals surface area contributed by atoms with Gasteiger partial charge in [-0.1, -0.05) is 12.1 Å². The van der Waals surface area contributed by atoms with E-state index < -0.39 is 16.3 Å². The van der Waals surface area contributed by atoms with Crippen LogP contribution in [-0.4, -0.2) is 27.3 Å². The average molecular weight is 329 g/mol. The molecule has 1 aromatic carbocycles. The lowest BCUT2D eigenvalue weighted by molar-refractivity contribution is -0.384. The summed E-state index contributed by atoms with van der Waals surface area (Å²) in [7, 11) is 0. The molecule has 0 radical (unpaired) electrons. The summed E-state index contributed by atoms with van der Waals surface area (Å²) in [5.41, 5.74) is -0.555. The van der Waals surface area contributed by atoms with E-state index in [2.05, 4.69) is 5.10 Å². The number of para-hydroxylation sites is 2. The molecule has 1 aromatic heterocycles. The van der Waals surface area contributed by atoms with E-state index in [4.69, 9.17) is 4.74 Å². The molecule has 8 heteroatoms. The standard InChI is InChI=1S/C16H15N3O5/c1-10-8-14(20)15(16(21)24-9-11-6-7-11)17-18(10)12-4-2-3-5-13(12)19(22)23/h2-5,8,11H,6-7,9H2,1H3. The highest BCUT2D eigenvalue weighted by atomic mass is 16.6. The summed E-state index contributed by atoms with van der Waals surface area (Å²) < 4.78 is 6.31. The lowest BCUT2D eigenvalue weighted by atomic mass is 10.2. The molecule has 0 atom stereocenters. The molecule has 0 saturated heterocycles. The molecule has 0 aliphatic heterocycles. The topological polar surface area (TPSA) is 104 Å². The van der Waals surface area contributed by atoms with Crippen molar-refractivity contribution in [3.63, 3.8) is 0 Å². The number of carbonyl (C=O) groups is 1. The van der Waals surface area contributed by atoms with Crippen LogP contribution in [0.1, 0.15) is 29.0 Å². The molecule has 1 fully saturated rings. The Hall–Kier alpha value is -3.03. The Morgan fingerprint density at radius 1 is 1.42 bits per heavy atom. The number of carbonyl (C=O) groups excluding carboxylic acids is 1. The van der Waals surface area contributed by atoms with Gasteiger partial charge in [-0.2, -0.15) is 5.10 Å². The van der Waals surface area contributed by atoms with Crippen molar-refractivity contribution < 1.29 is 14.5 Å². The van der Waals surface area contributed by atoms with Crippen molar-refractivity contribution in [2.75, 3.05) is 6.61 Å². The Kier molecular flexibility index (Phi) is 4.11. The molecular formula is C16H15N3O5. The first-order chi connectivity index (χ1) is 11.5. The number of nitrogens with zero attached hydrogens (tertiary/aromatic N) is 3. The van der Waals surface area contributed by atoms with Gasteiger partial charge in [-0.05, 0) is 31.7 Å². The van der Waals surface area contributed by atoms with Crippen LogP contribution in [0.15, 0.2) is 35.1 Å². The molecule has 3 rings (SSSR count). The molecule has 24 heavy (non-hydrogen) atoms. The van der Waals surface area contributed by atoms with E-state index in [1.54, 1.807) is 13.0 Å². The molecule has 0 spiro atoms. The van der Waals surface area contributed by atoms with Crippen molar-refractivity contribution in [2.45, 2.75) is 19.8 Å². The maximum atomic E-state index is 12.1. The summed E-state index contributed by atoms with van der Waals surface area (Å²) in [6.45, 7) is 1.85. The van der Waals surface area contributed by atoms with E-state index in [1.807, 2.05) is 0 Å². The molecule has 124 valence electrons. The highest BCUT2D eigenvalue weighted by molar-refractivity contribution is 5.87. The minimum Gasteiger partial charge on any atom is -0.461 e. The Morgan fingerprint density at radius 3 is 2.79 bits per heavy atom. The van der Waals surface area contributed by atoms with Gasteiger partial charge in [0.1, 0.15) is 5.69 Å². The predicted octanol–water partition coefficient (Wildman–Crippen LogP) is 2.02. The Labute approximate surface area is 136 Å². The normalized spacial score (nSPS) is 13.5.